The molecule has 2 nitrogen and oxygen atoms in total. The number of nitrogens with zero attached hydrogens (tertiary/aromatic N) is 1. The van der Waals surface area contributed by atoms with Crippen LogP contribution in [0, 0.1) is 0 Å². The number of hydrogen-bond acceptors (Lipinski definition) is 2. The average Bonchev–Trinajstić information content (AvgIpc) is 2.37. The van der Waals surface area contributed by atoms with Gasteiger partial charge in [0.2, 0.25) is 0 Å². The van der Waals surface area contributed by atoms with Gasteiger partial charge in [0.1, 0.15) is 5.75 Å². The Labute approximate surface area is 116 Å². The molecule has 3 heteroatoms. The number of fused-ring (bicyclic) bond motifs is 1. The lowest BCUT2D eigenvalue weighted by Crippen LogP contribution is -2.33. The Morgan fingerprint density at radius 1 is 1.39 bits per heavy atom. The van der Waals surface area contributed by atoms with Gasteiger partial charge in [-0.2, -0.15) is 0 Å². The van der Waals surface area contributed by atoms with Crippen molar-refractivity contribution in [3.05, 3.63) is 41.6 Å². The van der Waals surface area contributed by atoms with Gasteiger partial charge in [0.05, 0.1) is 7.11 Å². The summed E-state index contributed by atoms with van der Waals surface area (Å²) in [5.41, 5.74) is 2.84. The van der Waals surface area contributed by atoms with Crippen LogP contribution in [-0.4, -0.2) is 25.1 Å². The number of benzene rings is 1. The molecule has 0 bridgehead atoms. The number of hydrogen-bond donors (Lipinski definition) is 0. The van der Waals surface area contributed by atoms with E-state index in [0.29, 0.717) is 6.04 Å². The van der Waals surface area contributed by atoms with Gasteiger partial charge >= 0.3 is 0 Å². The Morgan fingerprint density at radius 2 is 2.17 bits per heavy atom. The Balaban J connectivity index is 0.00000162. The van der Waals surface area contributed by atoms with E-state index in [1.165, 1.54) is 17.5 Å². The molecule has 18 heavy (non-hydrogen) atoms. The molecule has 0 amide bonds. The monoisotopic (exact) mass is 267 g/mol. The van der Waals surface area contributed by atoms with Crippen molar-refractivity contribution in [2.24, 2.45) is 0 Å². The highest BCUT2D eigenvalue weighted by atomic mass is 35.5. The van der Waals surface area contributed by atoms with Gasteiger partial charge in [-0.25, -0.2) is 0 Å². The SMILES string of the molecule is C/C=C\N(C)C1CCc2cccc(OC)c2C1.Cl. The first kappa shape index (κ1) is 14.9. The third-order valence-corrected chi connectivity index (χ3v) is 3.60. The van der Waals surface area contributed by atoms with E-state index >= 15 is 0 Å². The minimum absolute atomic E-state index is 0. The van der Waals surface area contributed by atoms with Crippen LogP contribution in [0.4, 0.5) is 0 Å². The molecule has 1 aliphatic rings. The summed E-state index contributed by atoms with van der Waals surface area (Å²) in [4.78, 5) is 2.31. The van der Waals surface area contributed by atoms with E-state index in [4.69, 9.17) is 4.74 Å². The summed E-state index contributed by atoms with van der Waals surface area (Å²) in [6, 6.07) is 6.98. The fourth-order valence-electron chi connectivity index (χ4n) is 2.63. The van der Waals surface area contributed by atoms with Crippen molar-refractivity contribution >= 4 is 12.4 Å². The largest absolute Gasteiger partial charge is 0.496 e. The quantitative estimate of drug-likeness (QED) is 0.832. The lowest BCUT2D eigenvalue weighted by molar-refractivity contribution is 0.294. The number of rotatable bonds is 3. The molecule has 1 atom stereocenters. The number of likely N-dealkylation sites (N-methyl/N-ethyl adjacent to an activating group) is 1. The summed E-state index contributed by atoms with van der Waals surface area (Å²) in [5, 5.41) is 0. The first-order valence-corrected chi connectivity index (χ1v) is 6.25. The van der Waals surface area contributed by atoms with Gasteiger partial charge in [-0.05, 0) is 49.6 Å². The summed E-state index contributed by atoms with van der Waals surface area (Å²) in [6.07, 6.45) is 7.71. The van der Waals surface area contributed by atoms with Crippen LogP contribution in [0.1, 0.15) is 24.5 Å². The highest BCUT2D eigenvalue weighted by molar-refractivity contribution is 5.85. The summed E-state index contributed by atoms with van der Waals surface area (Å²) >= 11 is 0. The molecular weight excluding hydrogens is 246 g/mol. The van der Waals surface area contributed by atoms with Crippen LogP contribution in [-0.2, 0) is 12.8 Å². The predicted molar refractivity (Wildman–Crippen MR) is 78.6 cm³/mol. The van der Waals surface area contributed by atoms with Crippen LogP contribution in [0.25, 0.3) is 0 Å². The number of ether oxygens (including phenoxy) is 1. The molecule has 0 fully saturated rings. The molecule has 0 N–H and O–H groups in total. The van der Waals surface area contributed by atoms with E-state index in [2.05, 4.69) is 49.3 Å². The van der Waals surface area contributed by atoms with Crippen LogP contribution in [0.15, 0.2) is 30.5 Å². The van der Waals surface area contributed by atoms with Gasteiger partial charge in [0.15, 0.2) is 0 Å². The lowest BCUT2D eigenvalue weighted by atomic mass is 9.87. The van der Waals surface area contributed by atoms with Crippen molar-refractivity contribution in [2.75, 3.05) is 14.2 Å². The molecule has 0 radical (unpaired) electrons. The highest BCUT2D eigenvalue weighted by Gasteiger charge is 2.22. The molecule has 1 aromatic carbocycles. The second kappa shape index (κ2) is 6.69. The van der Waals surface area contributed by atoms with Gasteiger partial charge in [0.25, 0.3) is 0 Å². The van der Waals surface area contributed by atoms with Crippen LogP contribution in [0.5, 0.6) is 5.75 Å². The fraction of sp³-hybridized carbons (Fsp3) is 0.467. The normalized spacial score (nSPS) is 18.1. The Bertz CT molecular complexity index is 403. The van der Waals surface area contributed by atoms with Crippen LogP contribution in [0.2, 0.25) is 0 Å². The average molecular weight is 268 g/mol. The smallest absolute Gasteiger partial charge is 0.122 e. The van der Waals surface area contributed by atoms with Crippen LogP contribution >= 0.6 is 12.4 Å². The third kappa shape index (κ3) is 2.99. The predicted octanol–water partition coefficient (Wildman–Crippen LogP) is 3.44. The summed E-state index contributed by atoms with van der Waals surface area (Å²) in [6.45, 7) is 2.06. The number of aryl methyl sites for hydroxylation is 1. The van der Waals surface area contributed by atoms with E-state index < -0.39 is 0 Å². The van der Waals surface area contributed by atoms with E-state index in [0.717, 1.165) is 18.6 Å². The molecule has 0 aromatic heterocycles. The molecule has 0 saturated heterocycles. The van der Waals surface area contributed by atoms with Crippen LogP contribution in [0.3, 0.4) is 0 Å². The minimum Gasteiger partial charge on any atom is -0.496 e. The highest BCUT2D eigenvalue weighted by Crippen LogP contribution is 2.31. The minimum atomic E-state index is 0. The fourth-order valence-corrected chi connectivity index (χ4v) is 2.63. The second-order valence-corrected chi connectivity index (χ2v) is 4.64. The molecule has 100 valence electrons. The van der Waals surface area contributed by atoms with Crippen molar-refractivity contribution in [1.29, 1.82) is 0 Å². The lowest BCUT2D eigenvalue weighted by Gasteiger charge is -2.32. The molecule has 1 aliphatic carbocycles. The first-order valence-electron chi connectivity index (χ1n) is 6.25. The molecule has 0 heterocycles. The number of allylic oxidation sites excluding steroid dienone is 1. The third-order valence-electron chi connectivity index (χ3n) is 3.60. The Hall–Kier alpha value is -1.15. The maximum absolute atomic E-state index is 5.46. The molecule has 2 rings (SSSR count). The van der Waals surface area contributed by atoms with Gasteiger partial charge < -0.3 is 9.64 Å². The standard InChI is InChI=1S/C15H21NO.ClH/c1-4-10-16(2)13-9-8-12-6-5-7-15(17-3)14(12)11-13;/h4-7,10,13H,8-9,11H2,1-3H3;1H/b10-4-;. The zero-order valence-corrected chi connectivity index (χ0v) is 12.2. The topological polar surface area (TPSA) is 12.5 Å². The first-order chi connectivity index (χ1) is 8.26. The molecule has 1 aromatic rings. The molecule has 1 unspecified atom stereocenters. The summed E-state index contributed by atoms with van der Waals surface area (Å²) in [5.74, 6) is 1.04. The van der Waals surface area contributed by atoms with E-state index in [1.54, 1.807) is 7.11 Å². The van der Waals surface area contributed by atoms with Crippen molar-refractivity contribution in [3.63, 3.8) is 0 Å². The maximum atomic E-state index is 5.46. The molecule has 0 saturated carbocycles. The van der Waals surface area contributed by atoms with Crippen molar-refractivity contribution in [2.45, 2.75) is 32.2 Å². The molecule has 0 spiro atoms. The van der Waals surface area contributed by atoms with Gasteiger partial charge in [0, 0.05) is 13.1 Å². The number of halogens is 1. The van der Waals surface area contributed by atoms with E-state index in [-0.39, 0.29) is 12.4 Å². The van der Waals surface area contributed by atoms with E-state index in [1.807, 2.05) is 0 Å². The molecular formula is C15H22ClNO. The van der Waals surface area contributed by atoms with Crippen LogP contribution < -0.4 is 4.74 Å². The zero-order valence-electron chi connectivity index (χ0n) is 11.3. The van der Waals surface area contributed by atoms with Crippen molar-refractivity contribution in [3.8, 4) is 5.75 Å². The van der Waals surface area contributed by atoms with Crippen molar-refractivity contribution in [1.82, 2.24) is 4.90 Å². The molecule has 0 aliphatic heterocycles. The summed E-state index contributed by atoms with van der Waals surface area (Å²) in [7, 11) is 3.92. The van der Waals surface area contributed by atoms with Gasteiger partial charge in [-0.3, -0.25) is 0 Å². The summed E-state index contributed by atoms with van der Waals surface area (Å²) < 4.78 is 5.46. The number of methoxy groups -OCH3 is 1. The second-order valence-electron chi connectivity index (χ2n) is 4.64. The Morgan fingerprint density at radius 3 is 2.83 bits per heavy atom. The Kier molecular flexibility index (Phi) is 5.54. The van der Waals surface area contributed by atoms with Gasteiger partial charge in [-0.1, -0.05) is 18.2 Å². The van der Waals surface area contributed by atoms with Crippen molar-refractivity contribution < 1.29 is 4.74 Å². The van der Waals surface area contributed by atoms with E-state index in [9.17, 15) is 0 Å². The zero-order chi connectivity index (χ0) is 12.3. The maximum Gasteiger partial charge on any atom is 0.122 e. The van der Waals surface area contributed by atoms with Gasteiger partial charge in [-0.15, -0.1) is 12.4 Å².